The summed E-state index contributed by atoms with van der Waals surface area (Å²) in [5.41, 5.74) is 1.28. The van der Waals surface area contributed by atoms with Gasteiger partial charge in [0, 0.05) is 6.42 Å². The van der Waals surface area contributed by atoms with Gasteiger partial charge in [0.25, 0.3) is 0 Å². The van der Waals surface area contributed by atoms with Crippen molar-refractivity contribution in [2.24, 2.45) is 0 Å². The molecule has 2 heteroatoms. The first-order chi connectivity index (χ1) is 6.04. The van der Waals surface area contributed by atoms with Gasteiger partial charge in [-0.25, -0.2) is 0 Å². The third-order valence-electron chi connectivity index (χ3n) is 3.37. The maximum Gasteiger partial charge on any atom is 0.0841 e. The summed E-state index contributed by atoms with van der Waals surface area (Å²) in [6.45, 7) is 10.5. The summed E-state index contributed by atoms with van der Waals surface area (Å²) >= 11 is 0. The van der Waals surface area contributed by atoms with Gasteiger partial charge >= 0.3 is 0 Å². The third kappa shape index (κ3) is 1.53. The molecular weight excluding hydrogens is 162 g/mol. The minimum atomic E-state index is -0.0999. The summed E-state index contributed by atoms with van der Waals surface area (Å²) in [4.78, 5) is 0. The van der Waals surface area contributed by atoms with Gasteiger partial charge in [-0.15, -0.1) is 0 Å². The van der Waals surface area contributed by atoms with Crippen LogP contribution in [0.2, 0.25) is 0 Å². The summed E-state index contributed by atoms with van der Waals surface area (Å²) in [7, 11) is 0. The third-order valence-corrected chi connectivity index (χ3v) is 3.37. The van der Waals surface area contributed by atoms with E-state index in [1.807, 2.05) is 0 Å². The molecule has 2 fully saturated rings. The van der Waals surface area contributed by atoms with Crippen LogP contribution in [0.25, 0.3) is 0 Å². The fraction of sp³-hybridized carbons (Fsp3) is 0.818. The van der Waals surface area contributed by atoms with Crippen LogP contribution in [0.15, 0.2) is 12.2 Å². The molecule has 2 saturated heterocycles. The van der Waals surface area contributed by atoms with Crippen LogP contribution in [-0.2, 0) is 4.74 Å². The molecule has 0 aliphatic carbocycles. The smallest absolute Gasteiger partial charge is 0.0841 e. The van der Waals surface area contributed by atoms with Gasteiger partial charge in [0.1, 0.15) is 0 Å². The fourth-order valence-electron chi connectivity index (χ4n) is 2.41. The van der Waals surface area contributed by atoms with Crippen molar-refractivity contribution in [3.8, 4) is 0 Å². The van der Waals surface area contributed by atoms with E-state index in [9.17, 15) is 0 Å². The minimum Gasteiger partial charge on any atom is -0.364 e. The van der Waals surface area contributed by atoms with Crippen molar-refractivity contribution >= 4 is 0 Å². The molecule has 2 rings (SSSR count). The highest BCUT2D eigenvalue weighted by molar-refractivity contribution is 5.20. The van der Waals surface area contributed by atoms with E-state index in [1.165, 1.54) is 5.57 Å². The van der Waals surface area contributed by atoms with Gasteiger partial charge in [-0.2, -0.15) is 0 Å². The number of rotatable bonds is 0. The van der Waals surface area contributed by atoms with Crippen molar-refractivity contribution in [1.82, 2.24) is 5.32 Å². The highest BCUT2D eigenvalue weighted by atomic mass is 16.5. The molecule has 0 saturated carbocycles. The van der Waals surface area contributed by atoms with Crippen molar-refractivity contribution in [3.63, 3.8) is 0 Å². The molecule has 1 N–H and O–H groups in total. The molecule has 0 amide bonds. The van der Waals surface area contributed by atoms with Crippen molar-refractivity contribution in [2.75, 3.05) is 13.1 Å². The average Bonchev–Trinajstić information content (AvgIpc) is 2.23. The lowest BCUT2D eigenvalue weighted by Gasteiger charge is -2.35. The largest absolute Gasteiger partial charge is 0.364 e. The van der Waals surface area contributed by atoms with E-state index in [0.717, 1.165) is 32.4 Å². The monoisotopic (exact) mass is 181 g/mol. The first-order valence-electron chi connectivity index (χ1n) is 5.13. The fourth-order valence-corrected chi connectivity index (χ4v) is 2.41. The molecule has 0 aromatic heterocycles. The number of piperidine rings is 1. The van der Waals surface area contributed by atoms with Gasteiger partial charge in [0.2, 0.25) is 0 Å². The molecule has 0 aromatic rings. The summed E-state index contributed by atoms with van der Waals surface area (Å²) in [6.07, 6.45) is 3.33. The Hall–Kier alpha value is -0.340. The van der Waals surface area contributed by atoms with E-state index in [1.54, 1.807) is 0 Å². The second kappa shape index (κ2) is 2.82. The minimum absolute atomic E-state index is 0.0999. The van der Waals surface area contributed by atoms with Gasteiger partial charge in [-0.3, -0.25) is 0 Å². The number of ether oxygens (including phenoxy) is 1. The Morgan fingerprint density at radius 1 is 1.31 bits per heavy atom. The van der Waals surface area contributed by atoms with Crippen LogP contribution in [-0.4, -0.2) is 24.3 Å². The predicted octanol–water partition coefficient (Wildman–Crippen LogP) is 1.86. The SMILES string of the molecule is C=C1CC2(CCNCC2)OC1(C)C. The van der Waals surface area contributed by atoms with Crippen LogP contribution in [0.5, 0.6) is 0 Å². The molecule has 1 spiro atoms. The molecule has 0 bridgehead atoms. The van der Waals surface area contributed by atoms with E-state index in [4.69, 9.17) is 4.74 Å². The lowest BCUT2D eigenvalue weighted by atomic mass is 9.87. The van der Waals surface area contributed by atoms with Crippen LogP contribution in [0.3, 0.4) is 0 Å². The van der Waals surface area contributed by atoms with Crippen LogP contribution < -0.4 is 5.32 Å². The normalized spacial score (nSPS) is 31.1. The second-order valence-corrected chi connectivity index (χ2v) is 4.83. The van der Waals surface area contributed by atoms with Crippen LogP contribution in [0, 0.1) is 0 Å². The zero-order chi connectivity index (χ0) is 9.53. The summed E-state index contributed by atoms with van der Waals surface area (Å²) in [5.74, 6) is 0. The van der Waals surface area contributed by atoms with Crippen molar-refractivity contribution < 1.29 is 4.74 Å². The molecule has 0 atom stereocenters. The maximum atomic E-state index is 6.15. The zero-order valence-corrected chi connectivity index (χ0v) is 8.65. The second-order valence-electron chi connectivity index (χ2n) is 4.83. The van der Waals surface area contributed by atoms with Crippen LogP contribution >= 0.6 is 0 Å². The lowest BCUT2D eigenvalue weighted by molar-refractivity contribution is -0.0940. The van der Waals surface area contributed by atoms with E-state index in [0.29, 0.717) is 0 Å². The van der Waals surface area contributed by atoms with E-state index in [2.05, 4.69) is 25.7 Å². The Kier molecular flexibility index (Phi) is 2.00. The molecule has 2 aliphatic rings. The average molecular weight is 181 g/mol. The standard InChI is InChI=1S/C11H19NO/c1-9-8-11(13-10(9,2)3)4-6-12-7-5-11/h12H,1,4-8H2,2-3H3. The summed E-state index contributed by atoms with van der Waals surface area (Å²) in [6, 6.07) is 0. The van der Waals surface area contributed by atoms with Crippen molar-refractivity contribution in [3.05, 3.63) is 12.2 Å². The van der Waals surface area contributed by atoms with Gasteiger partial charge in [0.05, 0.1) is 11.2 Å². The quantitative estimate of drug-likeness (QED) is 0.576. The predicted molar refractivity (Wildman–Crippen MR) is 53.8 cm³/mol. The number of hydrogen-bond acceptors (Lipinski definition) is 2. The van der Waals surface area contributed by atoms with Crippen LogP contribution in [0.4, 0.5) is 0 Å². The van der Waals surface area contributed by atoms with Gasteiger partial charge in [-0.05, 0) is 45.4 Å². The van der Waals surface area contributed by atoms with Gasteiger partial charge in [0.15, 0.2) is 0 Å². The molecule has 74 valence electrons. The Morgan fingerprint density at radius 3 is 2.38 bits per heavy atom. The van der Waals surface area contributed by atoms with Gasteiger partial charge in [-0.1, -0.05) is 6.58 Å². The molecular formula is C11H19NO. The Bertz CT molecular complexity index is 226. The number of nitrogens with one attached hydrogen (secondary N) is 1. The highest BCUT2D eigenvalue weighted by Gasteiger charge is 2.46. The Morgan fingerprint density at radius 2 is 1.92 bits per heavy atom. The summed E-state index contributed by atoms with van der Waals surface area (Å²) in [5, 5.41) is 3.37. The van der Waals surface area contributed by atoms with E-state index >= 15 is 0 Å². The summed E-state index contributed by atoms with van der Waals surface area (Å²) < 4.78 is 6.15. The molecule has 0 radical (unpaired) electrons. The van der Waals surface area contributed by atoms with Crippen molar-refractivity contribution in [2.45, 2.75) is 44.3 Å². The first kappa shape index (κ1) is 9.22. The Balaban J connectivity index is 2.14. The first-order valence-corrected chi connectivity index (χ1v) is 5.13. The topological polar surface area (TPSA) is 21.3 Å². The van der Waals surface area contributed by atoms with E-state index in [-0.39, 0.29) is 11.2 Å². The number of hydrogen-bond donors (Lipinski definition) is 1. The molecule has 2 heterocycles. The molecule has 2 nitrogen and oxygen atoms in total. The molecule has 0 aromatic carbocycles. The van der Waals surface area contributed by atoms with E-state index < -0.39 is 0 Å². The van der Waals surface area contributed by atoms with Crippen LogP contribution in [0.1, 0.15) is 33.1 Å². The molecule has 13 heavy (non-hydrogen) atoms. The van der Waals surface area contributed by atoms with Gasteiger partial charge < -0.3 is 10.1 Å². The zero-order valence-electron chi connectivity index (χ0n) is 8.65. The van der Waals surface area contributed by atoms with Crippen molar-refractivity contribution in [1.29, 1.82) is 0 Å². The lowest BCUT2D eigenvalue weighted by Crippen LogP contribution is -2.42. The molecule has 2 aliphatic heterocycles. The Labute approximate surface area is 80.4 Å². The maximum absolute atomic E-state index is 6.15. The molecule has 0 unspecified atom stereocenters. The highest BCUT2D eigenvalue weighted by Crippen LogP contribution is 2.45.